The van der Waals surface area contributed by atoms with E-state index in [4.69, 9.17) is 4.42 Å². The number of hydrogen-bond acceptors (Lipinski definition) is 4. The van der Waals surface area contributed by atoms with E-state index in [-0.39, 0.29) is 17.9 Å². The molecule has 1 aliphatic heterocycles. The van der Waals surface area contributed by atoms with Crippen molar-refractivity contribution in [2.45, 2.75) is 13.0 Å². The predicted octanol–water partition coefficient (Wildman–Crippen LogP) is 2.09. The van der Waals surface area contributed by atoms with Gasteiger partial charge in [0.2, 0.25) is 5.91 Å². The Balaban J connectivity index is 1.57. The predicted molar refractivity (Wildman–Crippen MR) is 95.5 cm³/mol. The summed E-state index contributed by atoms with van der Waals surface area (Å²) in [5.41, 5.74) is 0.881. The van der Waals surface area contributed by atoms with E-state index in [1.807, 2.05) is 37.3 Å². The first-order valence-corrected chi connectivity index (χ1v) is 8.47. The van der Waals surface area contributed by atoms with Gasteiger partial charge in [0.25, 0.3) is 5.91 Å². The number of anilines is 1. The molecule has 1 saturated heterocycles. The fourth-order valence-corrected chi connectivity index (χ4v) is 3.08. The SMILES string of the molecule is C[C@H](C(=O)N(C)c1ccccc1)N1CCN(C(=O)c2ccco2)CC1. The van der Waals surface area contributed by atoms with E-state index in [0.29, 0.717) is 31.9 Å². The summed E-state index contributed by atoms with van der Waals surface area (Å²) >= 11 is 0. The molecule has 0 aliphatic carbocycles. The summed E-state index contributed by atoms with van der Waals surface area (Å²) in [5, 5.41) is 0. The molecule has 0 N–H and O–H groups in total. The second kappa shape index (κ2) is 7.53. The molecule has 3 rings (SSSR count). The van der Waals surface area contributed by atoms with Gasteiger partial charge in [-0.05, 0) is 31.2 Å². The van der Waals surface area contributed by atoms with Gasteiger partial charge in [-0.1, -0.05) is 18.2 Å². The van der Waals surface area contributed by atoms with Gasteiger partial charge < -0.3 is 14.2 Å². The van der Waals surface area contributed by atoms with Gasteiger partial charge in [-0.15, -0.1) is 0 Å². The lowest BCUT2D eigenvalue weighted by Gasteiger charge is -2.38. The van der Waals surface area contributed by atoms with E-state index in [0.717, 1.165) is 5.69 Å². The number of piperazine rings is 1. The maximum absolute atomic E-state index is 12.7. The molecule has 2 aromatic rings. The van der Waals surface area contributed by atoms with Crippen LogP contribution in [0.15, 0.2) is 53.1 Å². The lowest BCUT2D eigenvalue weighted by atomic mass is 10.2. The Morgan fingerprint density at radius 3 is 2.32 bits per heavy atom. The number of amides is 2. The number of nitrogens with zero attached hydrogens (tertiary/aromatic N) is 3. The Hall–Kier alpha value is -2.60. The summed E-state index contributed by atoms with van der Waals surface area (Å²) in [6, 6.07) is 12.8. The molecule has 0 saturated carbocycles. The first kappa shape index (κ1) is 17.2. The molecule has 1 atom stereocenters. The quantitative estimate of drug-likeness (QED) is 0.854. The smallest absolute Gasteiger partial charge is 0.289 e. The van der Waals surface area contributed by atoms with Crippen LogP contribution < -0.4 is 4.90 Å². The van der Waals surface area contributed by atoms with E-state index in [1.165, 1.54) is 6.26 Å². The zero-order valence-electron chi connectivity index (χ0n) is 14.6. The molecular formula is C19H23N3O3. The summed E-state index contributed by atoms with van der Waals surface area (Å²) in [6.07, 6.45) is 1.50. The molecule has 1 aromatic carbocycles. The monoisotopic (exact) mass is 341 g/mol. The molecule has 2 heterocycles. The molecule has 0 unspecified atom stereocenters. The van der Waals surface area contributed by atoms with Crippen LogP contribution in [0.2, 0.25) is 0 Å². The largest absolute Gasteiger partial charge is 0.459 e. The molecule has 6 nitrogen and oxygen atoms in total. The van der Waals surface area contributed by atoms with Crippen molar-refractivity contribution in [2.24, 2.45) is 0 Å². The van der Waals surface area contributed by atoms with Crippen LogP contribution in [-0.4, -0.2) is 60.9 Å². The number of benzene rings is 1. The Kier molecular flexibility index (Phi) is 5.19. The van der Waals surface area contributed by atoms with Crippen molar-refractivity contribution < 1.29 is 14.0 Å². The first-order valence-electron chi connectivity index (χ1n) is 8.47. The highest BCUT2D eigenvalue weighted by Gasteiger charge is 2.30. The maximum Gasteiger partial charge on any atom is 0.289 e. The molecule has 25 heavy (non-hydrogen) atoms. The van der Waals surface area contributed by atoms with Gasteiger partial charge in [0.1, 0.15) is 0 Å². The summed E-state index contributed by atoms with van der Waals surface area (Å²) in [5.74, 6) is 0.323. The van der Waals surface area contributed by atoms with Gasteiger partial charge >= 0.3 is 0 Å². The van der Waals surface area contributed by atoms with Crippen molar-refractivity contribution in [2.75, 3.05) is 38.1 Å². The molecule has 6 heteroatoms. The average molecular weight is 341 g/mol. The second-order valence-electron chi connectivity index (χ2n) is 6.21. The molecule has 0 radical (unpaired) electrons. The fraction of sp³-hybridized carbons (Fsp3) is 0.368. The molecule has 1 aromatic heterocycles. The first-order chi connectivity index (χ1) is 12.1. The van der Waals surface area contributed by atoms with E-state index in [9.17, 15) is 9.59 Å². The van der Waals surface area contributed by atoms with Crippen molar-refractivity contribution >= 4 is 17.5 Å². The highest BCUT2D eigenvalue weighted by Crippen LogP contribution is 2.16. The van der Waals surface area contributed by atoms with Crippen LogP contribution in [0.4, 0.5) is 5.69 Å². The zero-order valence-corrected chi connectivity index (χ0v) is 14.6. The minimum absolute atomic E-state index is 0.0528. The molecular weight excluding hydrogens is 318 g/mol. The summed E-state index contributed by atoms with van der Waals surface area (Å²) < 4.78 is 5.18. The van der Waals surface area contributed by atoms with Gasteiger partial charge in [0.15, 0.2) is 5.76 Å². The molecule has 0 bridgehead atoms. The molecule has 1 fully saturated rings. The second-order valence-corrected chi connectivity index (χ2v) is 6.21. The summed E-state index contributed by atoms with van der Waals surface area (Å²) in [4.78, 5) is 30.6. The number of likely N-dealkylation sites (N-methyl/N-ethyl adjacent to an activating group) is 1. The van der Waals surface area contributed by atoms with Gasteiger partial charge in [0, 0.05) is 38.9 Å². The maximum atomic E-state index is 12.7. The Bertz CT molecular complexity index is 707. The topological polar surface area (TPSA) is 57.0 Å². The van der Waals surface area contributed by atoms with Crippen LogP contribution in [0.5, 0.6) is 0 Å². The number of furan rings is 1. The molecule has 0 spiro atoms. The molecule has 1 aliphatic rings. The van der Waals surface area contributed by atoms with Gasteiger partial charge in [0.05, 0.1) is 12.3 Å². The van der Waals surface area contributed by atoms with E-state index in [1.54, 1.807) is 29.0 Å². The van der Waals surface area contributed by atoms with Gasteiger partial charge in [-0.25, -0.2) is 0 Å². The number of hydrogen-bond donors (Lipinski definition) is 0. The van der Waals surface area contributed by atoms with E-state index < -0.39 is 0 Å². The van der Waals surface area contributed by atoms with Crippen molar-refractivity contribution in [3.63, 3.8) is 0 Å². The summed E-state index contributed by atoms with van der Waals surface area (Å²) in [6.45, 7) is 4.44. The highest BCUT2D eigenvalue weighted by atomic mass is 16.3. The van der Waals surface area contributed by atoms with Crippen LogP contribution in [0.3, 0.4) is 0 Å². The number of carbonyl (C=O) groups is 2. The van der Waals surface area contributed by atoms with Gasteiger partial charge in [-0.3, -0.25) is 14.5 Å². The normalized spacial score (nSPS) is 16.5. The van der Waals surface area contributed by atoms with Crippen LogP contribution in [0, 0.1) is 0 Å². The number of rotatable bonds is 4. The Labute approximate surface area is 147 Å². The van der Waals surface area contributed by atoms with Crippen LogP contribution in [0.1, 0.15) is 17.5 Å². The van der Waals surface area contributed by atoms with Crippen LogP contribution in [-0.2, 0) is 4.79 Å². The highest BCUT2D eigenvalue weighted by molar-refractivity contribution is 5.96. The third-order valence-corrected chi connectivity index (χ3v) is 4.71. The fourth-order valence-electron chi connectivity index (χ4n) is 3.08. The average Bonchev–Trinajstić information content (AvgIpc) is 3.21. The molecule has 2 amide bonds. The van der Waals surface area contributed by atoms with Crippen molar-refractivity contribution in [3.8, 4) is 0 Å². The Morgan fingerprint density at radius 1 is 1.04 bits per heavy atom. The van der Waals surface area contributed by atoms with Crippen LogP contribution >= 0.6 is 0 Å². The standard InChI is InChI=1S/C19H23N3O3/c1-15(18(23)20(2)16-7-4-3-5-8-16)21-10-12-22(13-11-21)19(24)17-9-6-14-25-17/h3-9,14-15H,10-13H2,1-2H3/t15-/m1/s1. The van der Waals surface area contributed by atoms with E-state index >= 15 is 0 Å². The third-order valence-electron chi connectivity index (χ3n) is 4.71. The number of para-hydroxylation sites is 1. The third kappa shape index (κ3) is 3.74. The minimum atomic E-state index is -0.230. The van der Waals surface area contributed by atoms with Crippen molar-refractivity contribution in [1.29, 1.82) is 0 Å². The summed E-state index contributed by atoms with van der Waals surface area (Å²) in [7, 11) is 1.80. The molecule has 132 valence electrons. The lowest BCUT2D eigenvalue weighted by Crippen LogP contribution is -2.55. The zero-order chi connectivity index (χ0) is 17.8. The van der Waals surface area contributed by atoms with Gasteiger partial charge in [-0.2, -0.15) is 0 Å². The van der Waals surface area contributed by atoms with E-state index in [2.05, 4.69) is 4.90 Å². The minimum Gasteiger partial charge on any atom is -0.459 e. The van der Waals surface area contributed by atoms with Crippen molar-refractivity contribution in [1.82, 2.24) is 9.80 Å². The Morgan fingerprint density at radius 2 is 1.72 bits per heavy atom. The van der Waals surface area contributed by atoms with Crippen LogP contribution in [0.25, 0.3) is 0 Å². The van der Waals surface area contributed by atoms with Crippen molar-refractivity contribution in [3.05, 3.63) is 54.5 Å². The number of carbonyl (C=O) groups excluding carboxylic acids is 2. The lowest BCUT2D eigenvalue weighted by molar-refractivity contribution is -0.123.